The molecule has 0 unspecified atom stereocenters. The standard InChI is InChI=1S/C26H26N4O2S/c31-26(29-15-13-28(14-16-29)19-24-4-3-17-33-24)11-8-21-6-9-23(10-7-21)32-20-22-18-30-12-2-1-5-25(30)27-22/h1-12,17-18H,13-16,19-20H2. The normalized spacial score (nSPS) is 14.8. The molecule has 33 heavy (non-hydrogen) atoms. The van der Waals surface area contributed by atoms with Crippen LogP contribution in [0.1, 0.15) is 16.1 Å². The van der Waals surface area contributed by atoms with Gasteiger partial charge in [-0.3, -0.25) is 9.69 Å². The van der Waals surface area contributed by atoms with E-state index in [2.05, 4.69) is 27.4 Å². The molecule has 1 amide bonds. The van der Waals surface area contributed by atoms with Crippen LogP contribution in [0.4, 0.5) is 0 Å². The van der Waals surface area contributed by atoms with E-state index in [-0.39, 0.29) is 5.91 Å². The fraction of sp³-hybridized carbons (Fsp3) is 0.231. The Balaban J connectivity index is 1.09. The van der Waals surface area contributed by atoms with Crippen molar-refractivity contribution in [2.75, 3.05) is 26.2 Å². The zero-order valence-electron chi connectivity index (χ0n) is 18.3. The predicted octanol–water partition coefficient (Wildman–Crippen LogP) is 4.33. The number of imidazole rings is 1. The van der Waals surface area contributed by atoms with Crippen LogP contribution < -0.4 is 4.74 Å². The maximum absolute atomic E-state index is 12.6. The number of nitrogens with zero attached hydrogens (tertiary/aromatic N) is 4. The second-order valence-corrected chi connectivity index (χ2v) is 9.10. The number of rotatable bonds is 7. The molecule has 1 saturated heterocycles. The summed E-state index contributed by atoms with van der Waals surface area (Å²) in [5.74, 6) is 0.843. The molecule has 0 atom stereocenters. The first-order chi connectivity index (χ1) is 16.2. The summed E-state index contributed by atoms with van der Waals surface area (Å²) < 4.78 is 7.85. The molecule has 1 aliphatic rings. The van der Waals surface area contributed by atoms with Crippen molar-refractivity contribution < 1.29 is 9.53 Å². The van der Waals surface area contributed by atoms with E-state index in [9.17, 15) is 4.79 Å². The van der Waals surface area contributed by atoms with E-state index < -0.39 is 0 Å². The summed E-state index contributed by atoms with van der Waals surface area (Å²) in [5.41, 5.74) is 2.76. The molecular formula is C26H26N4O2S. The van der Waals surface area contributed by atoms with Crippen molar-refractivity contribution >= 4 is 29.0 Å². The van der Waals surface area contributed by atoms with Gasteiger partial charge >= 0.3 is 0 Å². The first-order valence-electron chi connectivity index (χ1n) is 11.1. The maximum atomic E-state index is 12.6. The number of thiophene rings is 1. The molecule has 3 aromatic heterocycles. The van der Waals surface area contributed by atoms with Crippen molar-refractivity contribution in [2.45, 2.75) is 13.2 Å². The Labute approximate surface area is 197 Å². The maximum Gasteiger partial charge on any atom is 0.246 e. The molecule has 5 rings (SSSR count). The number of carbonyl (C=O) groups excluding carboxylic acids is 1. The number of pyridine rings is 1. The SMILES string of the molecule is O=C(C=Cc1ccc(OCc2cn3ccccc3n2)cc1)N1CCN(Cc2cccs2)CC1. The molecule has 1 fully saturated rings. The minimum absolute atomic E-state index is 0.0675. The lowest BCUT2D eigenvalue weighted by molar-refractivity contribution is -0.127. The van der Waals surface area contributed by atoms with Crippen molar-refractivity contribution in [3.05, 3.63) is 94.6 Å². The topological polar surface area (TPSA) is 50.1 Å². The molecule has 0 N–H and O–H groups in total. The van der Waals surface area contributed by atoms with Crippen molar-refractivity contribution in [2.24, 2.45) is 0 Å². The van der Waals surface area contributed by atoms with Gasteiger partial charge in [0.1, 0.15) is 18.0 Å². The van der Waals surface area contributed by atoms with Crippen molar-refractivity contribution in [1.82, 2.24) is 19.2 Å². The number of carbonyl (C=O) groups is 1. The second-order valence-electron chi connectivity index (χ2n) is 8.07. The fourth-order valence-electron chi connectivity index (χ4n) is 3.91. The van der Waals surface area contributed by atoms with Gasteiger partial charge in [0, 0.05) is 56.1 Å². The van der Waals surface area contributed by atoms with Crippen LogP contribution >= 0.6 is 11.3 Å². The van der Waals surface area contributed by atoms with E-state index in [4.69, 9.17) is 4.74 Å². The number of hydrogen-bond donors (Lipinski definition) is 0. The summed E-state index contributed by atoms with van der Waals surface area (Å²) in [4.78, 5) is 22.8. The molecular weight excluding hydrogens is 432 g/mol. The number of aromatic nitrogens is 2. The molecule has 168 valence electrons. The van der Waals surface area contributed by atoms with E-state index >= 15 is 0 Å². The summed E-state index contributed by atoms with van der Waals surface area (Å²) in [6.07, 6.45) is 7.48. The lowest BCUT2D eigenvalue weighted by Gasteiger charge is -2.33. The average Bonchev–Trinajstić information content (AvgIpc) is 3.52. The fourth-order valence-corrected chi connectivity index (χ4v) is 4.66. The Bertz CT molecular complexity index is 1190. The van der Waals surface area contributed by atoms with Crippen LogP contribution in [0.15, 0.2) is 78.4 Å². The summed E-state index contributed by atoms with van der Waals surface area (Å²) in [5, 5.41) is 2.11. The quantitative estimate of drug-likeness (QED) is 0.387. The first kappa shape index (κ1) is 21.4. The Morgan fingerprint density at radius 2 is 1.88 bits per heavy atom. The van der Waals surface area contributed by atoms with Crippen LogP contribution in [0.3, 0.4) is 0 Å². The third-order valence-electron chi connectivity index (χ3n) is 5.74. The number of hydrogen-bond acceptors (Lipinski definition) is 5. The third-order valence-corrected chi connectivity index (χ3v) is 6.60. The highest BCUT2D eigenvalue weighted by atomic mass is 32.1. The highest BCUT2D eigenvalue weighted by molar-refractivity contribution is 7.09. The highest BCUT2D eigenvalue weighted by Crippen LogP contribution is 2.16. The Hall–Kier alpha value is -3.42. The van der Waals surface area contributed by atoms with Gasteiger partial charge in [-0.05, 0) is 47.4 Å². The number of piperazine rings is 1. The Morgan fingerprint density at radius 1 is 1.03 bits per heavy atom. The summed E-state index contributed by atoms with van der Waals surface area (Å²) in [6.45, 7) is 4.75. The highest BCUT2D eigenvalue weighted by Gasteiger charge is 2.19. The molecule has 0 radical (unpaired) electrons. The van der Waals surface area contributed by atoms with Gasteiger partial charge in [0.25, 0.3) is 0 Å². The molecule has 0 saturated carbocycles. The van der Waals surface area contributed by atoms with Gasteiger partial charge in [-0.25, -0.2) is 4.98 Å². The Morgan fingerprint density at radius 3 is 2.64 bits per heavy atom. The van der Waals surface area contributed by atoms with Crippen molar-refractivity contribution in [3.63, 3.8) is 0 Å². The summed E-state index contributed by atoms with van der Waals surface area (Å²) in [7, 11) is 0. The van der Waals surface area contributed by atoms with E-state index in [1.807, 2.05) is 70.2 Å². The summed E-state index contributed by atoms with van der Waals surface area (Å²) in [6, 6.07) is 17.9. The molecule has 4 aromatic rings. The molecule has 0 aliphatic carbocycles. The zero-order chi connectivity index (χ0) is 22.5. The molecule has 6 nitrogen and oxygen atoms in total. The largest absolute Gasteiger partial charge is 0.487 e. The van der Waals surface area contributed by atoms with E-state index in [0.29, 0.717) is 6.61 Å². The zero-order valence-corrected chi connectivity index (χ0v) is 19.2. The van der Waals surface area contributed by atoms with Crippen LogP contribution in [0.25, 0.3) is 11.7 Å². The van der Waals surface area contributed by atoms with Gasteiger partial charge in [0.15, 0.2) is 0 Å². The van der Waals surface area contributed by atoms with Gasteiger partial charge in [-0.1, -0.05) is 24.3 Å². The third kappa shape index (κ3) is 5.50. The lowest BCUT2D eigenvalue weighted by Crippen LogP contribution is -2.47. The molecule has 7 heteroatoms. The predicted molar refractivity (Wildman–Crippen MR) is 131 cm³/mol. The minimum Gasteiger partial charge on any atom is -0.487 e. The van der Waals surface area contributed by atoms with Gasteiger partial charge < -0.3 is 14.0 Å². The van der Waals surface area contributed by atoms with Gasteiger partial charge in [-0.15, -0.1) is 11.3 Å². The first-order valence-corrected chi connectivity index (χ1v) is 12.0. The van der Waals surface area contributed by atoms with Gasteiger partial charge in [0.05, 0.1) is 5.69 Å². The molecule has 1 aromatic carbocycles. The number of fused-ring (bicyclic) bond motifs is 1. The average molecular weight is 459 g/mol. The van der Waals surface area contributed by atoms with Gasteiger partial charge in [-0.2, -0.15) is 0 Å². The smallest absolute Gasteiger partial charge is 0.246 e. The van der Waals surface area contributed by atoms with E-state index in [0.717, 1.165) is 55.4 Å². The number of amides is 1. The molecule has 0 spiro atoms. The van der Waals surface area contributed by atoms with Crippen LogP contribution in [0, 0.1) is 0 Å². The number of ether oxygens (including phenoxy) is 1. The molecule has 0 bridgehead atoms. The van der Waals surface area contributed by atoms with Crippen LogP contribution in [-0.2, 0) is 17.9 Å². The van der Waals surface area contributed by atoms with Crippen LogP contribution in [0.2, 0.25) is 0 Å². The Kier molecular flexibility index (Phi) is 6.51. The minimum atomic E-state index is 0.0675. The van der Waals surface area contributed by atoms with Crippen LogP contribution in [0.5, 0.6) is 5.75 Å². The number of benzene rings is 1. The molecule has 4 heterocycles. The molecule has 1 aliphatic heterocycles. The van der Waals surface area contributed by atoms with Gasteiger partial charge in [0.2, 0.25) is 5.91 Å². The second kappa shape index (κ2) is 10.0. The summed E-state index contributed by atoms with van der Waals surface area (Å²) >= 11 is 1.79. The van der Waals surface area contributed by atoms with Crippen molar-refractivity contribution in [3.8, 4) is 5.75 Å². The monoisotopic (exact) mass is 458 g/mol. The lowest BCUT2D eigenvalue weighted by atomic mass is 10.2. The van der Waals surface area contributed by atoms with Crippen LogP contribution in [-0.4, -0.2) is 51.3 Å². The van der Waals surface area contributed by atoms with Crippen molar-refractivity contribution in [1.29, 1.82) is 0 Å². The van der Waals surface area contributed by atoms with E-state index in [1.54, 1.807) is 17.4 Å². The van der Waals surface area contributed by atoms with E-state index in [1.165, 1.54) is 4.88 Å².